The molecule has 1 aliphatic heterocycles. The molecular weight excluding hydrogens is 466 g/mol. The number of ether oxygens (including phenoxy) is 1. The second-order valence-corrected chi connectivity index (χ2v) is 8.90. The Bertz CT molecular complexity index is 1270. The second kappa shape index (κ2) is 10.6. The molecule has 0 unspecified atom stereocenters. The molecule has 0 saturated heterocycles. The maximum Gasteiger partial charge on any atom is 0.307 e. The summed E-state index contributed by atoms with van der Waals surface area (Å²) in [6.07, 6.45) is -0.0727. The van der Waals surface area contributed by atoms with Crippen LogP contribution in [0.1, 0.15) is 16.7 Å². The topological polar surface area (TPSA) is 90.9 Å². The lowest BCUT2D eigenvalue weighted by molar-refractivity contribution is -0.136. The highest BCUT2D eigenvalue weighted by molar-refractivity contribution is 6.38. The summed E-state index contributed by atoms with van der Waals surface area (Å²) in [6, 6.07) is 19.9. The van der Waals surface area contributed by atoms with E-state index in [9.17, 15) is 9.59 Å². The van der Waals surface area contributed by atoms with Gasteiger partial charge in [-0.2, -0.15) is 0 Å². The van der Waals surface area contributed by atoms with Crippen LogP contribution in [0.5, 0.6) is 5.75 Å². The van der Waals surface area contributed by atoms with Crippen molar-refractivity contribution in [3.63, 3.8) is 0 Å². The summed E-state index contributed by atoms with van der Waals surface area (Å²) >= 11 is 6.13. The maximum atomic E-state index is 13.0. The molecule has 8 heteroatoms. The first-order valence-corrected chi connectivity index (χ1v) is 11.5. The highest BCUT2D eigenvalue weighted by Gasteiger charge is 2.28. The third kappa shape index (κ3) is 6.01. The number of carbonyl (C=O) groups is 2. The van der Waals surface area contributed by atoms with Crippen molar-refractivity contribution in [3.05, 3.63) is 88.4 Å². The van der Waals surface area contributed by atoms with E-state index in [0.29, 0.717) is 34.2 Å². The molecule has 3 aromatic rings. The Hall–Kier alpha value is -3.81. The molecule has 0 fully saturated rings. The quantitative estimate of drug-likeness (QED) is 0.371. The number of carboxylic acids is 1. The molecule has 1 aliphatic rings. The third-order valence-electron chi connectivity index (χ3n) is 5.51. The van der Waals surface area contributed by atoms with Gasteiger partial charge in [0.05, 0.1) is 23.4 Å². The van der Waals surface area contributed by atoms with Crippen LogP contribution in [-0.4, -0.2) is 49.1 Å². The van der Waals surface area contributed by atoms with E-state index in [0.717, 1.165) is 29.1 Å². The minimum Gasteiger partial charge on any atom is -0.492 e. The monoisotopic (exact) mass is 491 g/mol. The van der Waals surface area contributed by atoms with E-state index in [1.54, 1.807) is 24.3 Å². The van der Waals surface area contributed by atoms with Crippen LogP contribution in [0.4, 0.5) is 11.4 Å². The highest BCUT2D eigenvalue weighted by atomic mass is 35.5. The van der Waals surface area contributed by atoms with Crippen LogP contribution in [0.25, 0.3) is 11.3 Å². The first-order valence-electron chi connectivity index (χ1n) is 11.1. The van der Waals surface area contributed by atoms with Crippen LogP contribution in [-0.2, 0) is 16.0 Å². The molecule has 4 rings (SSSR count). The number of nitrogens with one attached hydrogen (secondary N) is 2. The molecule has 0 aliphatic carbocycles. The SMILES string of the molecule is CN(C)CCOc1ccc(N/C(=C2\C(=O)Nc3cc(Cl)ccc32)c2ccc(CC(=O)O)cc2)cc1. The van der Waals surface area contributed by atoms with Crippen molar-refractivity contribution in [3.8, 4) is 5.75 Å². The molecule has 0 radical (unpaired) electrons. The zero-order valence-electron chi connectivity index (χ0n) is 19.5. The van der Waals surface area contributed by atoms with Gasteiger partial charge in [0.25, 0.3) is 5.91 Å². The number of hydrogen-bond acceptors (Lipinski definition) is 5. The van der Waals surface area contributed by atoms with E-state index in [2.05, 4.69) is 10.6 Å². The van der Waals surface area contributed by atoms with Crippen molar-refractivity contribution in [1.82, 2.24) is 4.90 Å². The number of hydrogen-bond donors (Lipinski definition) is 3. The molecule has 0 aromatic heterocycles. The van der Waals surface area contributed by atoms with Gasteiger partial charge in [-0.25, -0.2) is 0 Å². The number of nitrogens with zero attached hydrogens (tertiary/aromatic N) is 1. The molecule has 180 valence electrons. The lowest BCUT2D eigenvalue weighted by atomic mass is 9.98. The van der Waals surface area contributed by atoms with Crippen molar-refractivity contribution in [2.75, 3.05) is 37.9 Å². The third-order valence-corrected chi connectivity index (χ3v) is 5.74. The van der Waals surface area contributed by atoms with Crippen LogP contribution < -0.4 is 15.4 Å². The Morgan fingerprint density at radius 2 is 1.77 bits per heavy atom. The summed E-state index contributed by atoms with van der Waals surface area (Å²) in [5.74, 6) is -0.394. The molecule has 0 atom stereocenters. The zero-order valence-corrected chi connectivity index (χ0v) is 20.2. The molecule has 0 spiro atoms. The van der Waals surface area contributed by atoms with Crippen LogP contribution in [0.3, 0.4) is 0 Å². The molecule has 1 heterocycles. The summed E-state index contributed by atoms with van der Waals surface area (Å²) in [4.78, 5) is 26.2. The number of fused-ring (bicyclic) bond motifs is 1. The van der Waals surface area contributed by atoms with Crippen LogP contribution in [0.15, 0.2) is 66.7 Å². The van der Waals surface area contributed by atoms with Gasteiger partial charge in [0.15, 0.2) is 0 Å². The Kier molecular flexibility index (Phi) is 7.39. The number of halogens is 1. The van der Waals surface area contributed by atoms with Gasteiger partial charge < -0.3 is 25.4 Å². The lowest BCUT2D eigenvalue weighted by Crippen LogP contribution is -2.19. The molecule has 35 heavy (non-hydrogen) atoms. The standard InChI is InChI=1S/C27H26ClN3O4/c1-31(2)13-14-35-21-10-8-20(9-11-21)29-26(18-5-3-17(4-6-18)15-24(32)33)25-22-12-7-19(28)16-23(22)30-27(25)34/h3-12,16,29H,13-15H2,1-2H3,(H,30,34)(H,32,33)/b26-25-. The summed E-state index contributed by atoms with van der Waals surface area (Å²) < 4.78 is 5.77. The molecule has 7 nitrogen and oxygen atoms in total. The Morgan fingerprint density at radius 3 is 2.43 bits per heavy atom. The van der Waals surface area contributed by atoms with E-state index in [1.165, 1.54) is 0 Å². The first-order chi connectivity index (χ1) is 16.8. The smallest absolute Gasteiger partial charge is 0.307 e. The predicted molar refractivity (Wildman–Crippen MR) is 139 cm³/mol. The van der Waals surface area contributed by atoms with E-state index in [1.807, 2.05) is 61.5 Å². The van der Waals surface area contributed by atoms with E-state index in [4.69, 9.17) is 21.4 Å². The van der Waals surface area contributed by atoms with Gasteiger partial charge in [0.1, 0.15) is 12.4 Å². The zero-order chi connectivity index (χ0) is 24.9. The predicted octanol–water partition coefficient (Wildman–Crippen LogP) is 4.84. The van der Waals surface area contributed by atoms with E-state index in [-0.39, 0.29) is 12.3 Å². The average molecular weight is 492 g/mol. The number of rotatable bonds is 9. The van der Waals surface area contributed by atoms with Gasteiger partial charge in [0.2, 0.25) is 0 Å². The number of anilines is 2. The molecule has 3 aromatic carbocycles. The van der Waals surface area contributed by atoms with Gasteiger partial charge in [0, 0.05) is 22.8 Å². The fourth-order valence-electron chi connectivity index (χ4n) is 3.76. The highest BCUT2D eigenvalue weighted by Crippen LogP contribution is 2.39. The summed E-state index contributed by atoms with van der Waals surface area (Å²) in [6.45, 7) is 1.39. The van der Waals surface area contributed by atoms with Crippen molar-refractivity contribution in [2.24, 2.45) is 0 Å². The summed E-state index contributed by atoms with van der Waals surface area (Å²) in [5.41, 5.74) is 4.66. The Morgan fingerprint density at radius 1 is 1.06 bits per heavy atom. The van der Waals surface area contributed by atoms with Crippen LogP contribution >= 0.6 is 11.6 Å². The number of benzene rings is 3. The molecule has 0 saturated carbocycles. The largest absolute Gasteiger partial charge is 0.492 e. The first kappa shape index (κ1) is 24.3. The normalized spacial score (nSPS) is 13.9. The number of carboxylic acid groups (broad SMARTS) is 1. The van der Waals surface area contributed by atoms with E-state index < -0.39 is 5.97 Å². The number of likely N-dealkylation sites (N-methyl/N-ethyl adjacent to an activating group) is 1. The molecule has 0 bridgehead atoms. The van der Waals surface area contributed by atoms with Crippen LogP contribution in [0, 0.1) is 0 Å². The van der Waals surface area contributed by atoms with Crippen molar-refractivity contribution >= 4 is 46.1 Å². The Labute approximate surface area is 209 Å². The van der Waals surface area contributed by atoms with Gasteiger partial charge in [-0.05, 0) is 61.6 Å². The molecule has 1 amide bonds. The van der Waals surface area contributed by atoms with Gasteiger partial charge >= 0.3 is 5.97 Å². The van der Waals surface area contributed by atoms with Crippen LogP contribution in [0.2, 0.25) is 5.02 Å². The second-order valence-electron chi connectivity index (χ2n) is 8.46. The summed E-state index contributed by atoms with van der Waals surface area (Å²) in [5, 5.41) is 15.9. The van der Waals surface area contributed by atoms with Crippen molar-refractivity contribution in [2.45, 2.75) is 6.42 Å². The number of carbonyl (C=O) groups excluding carboxylic acids is 1. The fraction of sp³-hybridized carbons (Fsp3) is 0.185. The van der Waals surface area contributed by atoms with E-state index >= 15 is 0 Å². The van der Waals surface area contributed by atoms with Crippen molar-refractivity contribution in [1.29, 1.82) is 0 Å². The van der Waals surface area contributed by atoms with Gasteiger partial charge in [-0.1, -0.05) is 41.9 Å². The minimum atomic E-state index is -0.900. The minimum absolute atomic E-state index is 0.0727. The summed E-state index contributed by atoms with van der Waals surface area (Å²) in [7, 11) is 3.98. The maximum absolute atomic E-state index is 13.0. The van der Waals surface area contributed by atoms with Gasteiger partial charge in [-0.15, -0.1) is 0 Å². The average Bonchev–Trinajstić information content (AvgIpc) is 3.13. The molecular formula is C27H26ClN3O4. The lowest BCUT2D eigenvalue weighted by Gasteiger charge is -2.16. The van der Waals surface area contributed by atoms with Gasteiger partial charge in [-0.3, -0.25) is 9.59 Å². The Balaban J connectivity index is 1.69. The number of aliphatic carboxylic acids is 1. The fourth-order valence-corrected chi connectivity index (χ4v) is 3.93. The number of amides is 1. The molecule has 3 N–H and O–H groups in total. The van der Waals surface area contributed by atoms with Crippen molar-refractivity contribution < 1.29 is 19.4 Å².